The number of hydrogen-bond acceptors (Lipinski definition) is 5. The largest absolute Gasteiger partial charge is 0.339 e. The average Bonchev–Trinajstić information content (AvgIpc) is 3.19. The summed E-state index contributed by atoms with van der Waals surface area (Å²) in [5, 5.41) is 4.61. The third kappa shape index (κ3) is 3.80. The summed E-state index contributed by atoms with van der Waals surface area (Å²) >= 11 is 5.89. The Bertz CT molecular complexity index is 1090. The van der Waals surface area contributed by atoms with E-state index >= 15 is 0 Å². The van der Waals surface area contributed by atoms with Gasteiger partial charge in [-0.3, -0.25) is 0 Å². The van der Waals surface area contributed by atoms with Crippen molar-refractivity contribution in [2.75, 3.05) is 13.1 Å². The van der Waals surface area contributed by atoms with Crippen LogP contribution in [0.25, 0.3) is 11.4 Å². The molecule has 146 valence electrons. The highest BCUT2D eigenvalue weighted by Crippen LogP contribution is 2.31. The van der Waals surface area contributed by atoms with Crippen molar-refractivity contribution < 1.29 is 17.3 Å². The highest BCUT2D eigenvalue weighted by Gasteiger charge is 2.33. The summed E-state index contributed by atoms with van der Waals surface area (Å²) in [5.41, 5.74) is 0.763. The van der Waals surface area contributed by atoms with Crippen LogP contribution in [0.15, 0.2) is 57.9 Å². The summed E-state index contributed by atoms with van der Waals surface area (Å²) in [6.07, 6.45) is 1.38. The van der Waals surface area contributed by atoms with Crippen molar-refractivity contribution in [1.82, 2.24) is 14.4 Å². The molecular weight excluding hydrogens is 405 g/mol. The number of hydrogen-bond donors (Lipinski definition) is 0. The smallest absolute Gasteiger partial charge is 0.243 e. The van der Waals surface area contributed by atoms with Crippen LogP contribution in [-0.2, 0) is 10.0 Å². The molecular formula is C19H17ClFN3O3S. The van der Waals surface area contributed by atoms with Crippen LogP contribution in [0.2, 0.25) is 5.02 Å². The molecule has 0 aliphatic carbocycles. The Morgan fingerprint density at radius 2 is 1.96 bits per heavy atom. The second kappa shape index (κ2) is 7.62. The van der Waals surface area contributed by atoms with Gasteiger partial charge < -0.3 is 4.52 Å². The third-order valence-corrected chi connectivity index (χ3v) is 6.82. The average molecular weight is 422 g/mol. The molecule has 1 unspecified atom stereocenters. The maximum Gasteiger partial charge on any atom is 0.243 e. The van der Waals surface area contributed by atoms with Crippen molar-refractivity contribution in [2.24, 2.45) is 0 Å². The number of piperidine rings is 1. The molecule has 1 fully saturated rings. The Morgan fingerprint density at radius 1 is 1.18 bits per heavy atom. The number of sulfonamides is 1. The maximum atomic E-state index is 13.5. The molecule has 0 N–H and O–H groups in total. The topological polar surface area (TPSA) is 76.3 Å². The minimum Gasteiger partial charge on any atom is -0.339 e. The first-order valence-electron chi connectivity index (χ1n) is 8.79. The van der Waals surface area contributed by atoms with E-state index in [9.17, 15) is 12.8 Å². The molecule has 2 heterocycles. The number of rotatable bonds is 4. The predicted octanol–water partition coefficient (Wildman–Crippen LogP) is 4.10. The van der Waals surface area contributed by atoms with Crippen molar-refractivity contribution in [3.8, 4) is 11.4 Å². The molecule has 4 rings (SSSR count). The van der Waals surface area contributed by atoms with Crippen LogP contribution in [0, 0.1) is 5.82 Å². The van der Waals surface area contributed by atoms with E-state index in [4.69, 9.17) is 16.1 Å². The molecule has 1 aliphatic rings. The predicted molar refractivity (Wildman–Crippen MR) is 102 cm³/mol. The van der Waals surface area contributed by atoms with Gasteiger partial charge in [-0.1, -0.05) is 22.8 Å². The van der Waals surface area contributed by atoms with Gasteiger partial charge in [-0.05, 0) is 55.3 Å². The Labute approximate surface area is 167 Å². The summed E-state index contributed by atoms with van der Waals surface area (Å²) in [4.78, 5) is 4.38. The third-order valence-electron chi connectivity index (χ3n) is 4.71. The lowest BCUT2D eigenvalue weighted by molar-refractivity contribution is 0.265. The molecule has 0 saturated carbocycles. The van der Waals surface area contributed by atoms with E-state index in [0.717, 1.165) is 18.1 Å². The molecule has 9 heteroatoms. The number of nitrogens with zero attached hydrogens (tertiary/aromatic N) is 3. The molecule has 1 atom stereocenters. The summed E-state index contributed by atoms with van der Waals surface area (Å²) in [6.45, 7) is 0.578. The second-order valence-corrected chi connectivity index (χ2v) is 9.00. The summed E-state index contributed by atoms with van der Waals surface area (Å²) in [6, 6.07) is 12.1. The van der Waals surface area contributed by atoms with Crippen LogP contribution < -0.4 is 0 Å². The van der Waals surface area contributed by atoms with Crippen molar-refractivity contribution in [2.45, 2.75) is 23.7 Å². The Balaban J connectivity index is 1.55. The molecule has 1 aromatic heterocycles. The summed E-state index contributed by atoms with van der Waals surface area (Å²) < 4.78 is 45.9. The van der Waals surface area contributed by atoms with Gasteiger partial charge >= 0.3 is 0 Å². The number of halogens is 2. The van der Waals surface area contributed by atoms with Gasteiger partial charge in [0.15, 0.2) is 0 Å². The lowest BCUT2D eigenvalue weighted by atomic mass is 10.00. The summed E-state index contributed by atoms with van der Waals surface area (Å²) in [5.74, 6) is 0.0191. The maximum absolute atomic E-state index is 13.5. The SMILES string of the molecule is O=S(=O)(c1cccc(F)c1)N1CCCC(c2nc(-c3ccc(Cl)cc3)no2)C1. The molecule has 2 aromatic carbocycles. The van der Waals surface area contributed by atoms with Crippen LogP contribution >= 0.6 is 11.6 Å². The van der Waals surface area contributed by atoms with Crippen LogP contribution in [0.3, 0.4) is 0 Å². The van der Waals surface area contributed by atoms with Crippen molar-refractivity contribution in [3.05, 3.63) is 65.3 Å². The highest BCUT2D eigenvalue weighted by atomic mass is 35.5. The number of aromatic nitrogens is 2. The first kappa shape index (κ1) is 19.0. The lowest BCUT2D eigenvalue weighted by Crippen LogP contribution is -2.39. The molecule has 28 heavy (non-hydrogen) atoms. The van der Waals surface area contributed by atoms with E-state index in [1.54, 1.807) is 24.3 Å². The molecule has 0 bridgehead atoms. The van der Waals surface area contributed by atoms with Gasteiger partial charge in [0, 0.05) is 23.7 Å². The molecule has 6 nitrogen and oxygen atoms in total. The molecule has 3 aromatic rings. The fourth-order valence-electron chi connectivity index (χ4n) is 3.26. The Hall–Kier alpha value is -2.29. The van der Waals surface area contributed by atoms with Gasteiger partial charge in [0.05, 0.1) is 10.8 Å². The van der Waals surface area contributed by atoms with Crippen molar-refractivity contribution in [1.29, 1.82) is 0 Å². The zero-order valence-electron chi connectivity index (χ0n) is 14.8. The van der Waals surface area contributed by atoms with E-state index in [0.29, 0.717) is 29.7 Å². The quantitative estimate of drug-likeness (QED) is 0.634. The highest BCUT2D eigenvalue weighted by molar-refractivity contribution is 7.89. The zero-order valence-corrected chi connectivity index (χ0v) is 16.3. The molecule has 1 aliphatic heterocycles. The molecule has 1 saturated heterocycles. The minimum atomic E-state index is -3.79. The van der Waals surface area contributed by atoms with E-state index < -0.39 is 15.8 Å². The van der Waals surface area contributed by atoms with Gasteiger partial charge in [-0.25, -0.2) is 12.8 Å². The van der Waals surface area contributed by atoms with E-state index in [-0.39, 0.29) is 17.4 Å². The van der Waals surface area contributed by atoms with E-state index in [1.165, 1.54) is 22.5 Å². The Morgan fingerprint density at radius 3 is 2.71 bits per heavy atom. The van der Waals surface area contributed by atoms with Gasteiger partial charge in [-0.15, -0.1) is 0 Å². The van der Waals surface area contributed by atoms with E-state index in [1.807, 2.05) is 0 Å². The van der Waals surface area contributed by atoms with Gasteiger partial charge in [0.1, 0.15) is 5.82 Å². The van der Waals surface area contributed by atoms with Crippen LogP contribution in [0.4, 0.5) is 4.39 Å². The van der Waals surface area contributed by atoms with Gasteiger partial charge in [0.2, 0.25) is 21.7 Å². The first-order chi connectivity index (χ1) is 13.4. The van der Waals surface area contributed by atoms with E-state index in [2.05, 4.69) is 10.1 Å². The van der Waals surface area contributed by atoms with Gasteiger partial charge in [0.25, 0.3) is 0 Å². The standard InChI is InChI=1S/C19H17ClFN3O3S/c20-15-8-6-13(7-9-15)18-22-19(27-23-18)14-3-2-10-24(12-14)28(25,26)17-5-1-4-16(21)11-17/h1,4-9,11,14H,2-3,10,12H2. The zero-order chi connectivity index (χ0) is 19.7. The molecule has 0 amide bonds. The van der Waals surface area contributed by atoms with Crippen molar-refractivity contribution >= 4 is 21.6 Å². The monoisotopic (exact) mass is 421 g/mol. The normalized spacial score (nSPS) is 18.3. The number of benzene rings is 2. The lowest BCUT2D eigenvalue weighted by Gasteiger charge is -2.30. The van der Waals surface area contributed by atoms with Crippen LogP contribution in [0.5, 0.6) is 0 Å². The minimum absolute atomic E-state index is 0.0551. The molecule has 0 radical (unpaired) electrons. The Kier molecular flexibility index (Phi) is 5.18. The fourth-order valence-corrected chi connectivity index (χ4v) is 4.94. The first-order valence-corrected chi connectivity index (χ1v) is 10.6. The van der Waals surface area contributed by atoms with Crippen LogP contribution in [0.1, 0.15) is 24.7 Å². The second-order valence-electron chi connectivity index (χ2n) is 6.62. The van der Waals surface area contributed by atoms with Gasteiger partial charge in [-0.2, -0.15) is 9.29 Å². The van der Waals surface area contributed by atoms with Crippen LogP contribution in [-0.4, -0.2) is 36.0 Å². The molecule has 0 spiro atoms. The summed E-state index contributed by atoms with van der Waals surface area (Å²) in [7, 11) is -3.79. The van der Waals surface area contributed by atoms with Crippen molar-refractivity contribution in [3.63, 3.8) is 0 Å². The fraction of sp³-hybridized carbons (Fsp3) is 0.263.